The van der Waals surface area contributed by atoms with E-state index in [4.69, 9.17) is 9.47 Å². The molecule has 2 N–H and O–H groups in total. The van der Waals surface area contributed by atoms with Crippen LogP contribution in [0.3, 0.4) is 0 Å². The second-order valence-corrected chi connectivity index (χ2v) is 4.98. The van der Waals surface area contributed by atoms with E-state index >= 15 is 0 Å². The van der Waals surface area contributed by atoms with E-state index < -0.39 is 6.10 Å². The summed E-state index contributed by atoms with van der Waals surface area (Å²) in [4.78, 5) is 0. The van der Waals surface area contributed by atoms with E-state index in [0.29, 0.717) is 19.7 Å². The lowest BCUT2D eigenvalue weighted by molar-refractivity contribution is 0.174. The van der Waals surface area contributed by atoms with Gasteiger partial charge in [0, 0.05) is 13.1 Å². The quantitative estimate of drug-likeness (QED) is 0.787. The van der Waals surface area contributed by atoms with Crippen molar-refractivity contribution < 1.29 is 14.6 Å². The number of benzene rings is 2. The SMILES string of the molecule is CCOc1cc(CNC[C@@H](O)c2ccccc2)ccc1OC. The summed E-state index contributed by atoms with van der Waals surface area (Å²) in [5.74, 6) is 1.47. The second-order valence-electron chi connectivity index (χ2n) is 4.98. The van der Waals surface area contributed by atoms with Crippen molar-refractivity contribution in [2.45, 2.75) is 19.6 Å². The standard InChI is InChI=1S/C18H23NO3/c1-3-22-18-11-14(9-10-17(18)21-2)12-19-13-16(20)15-7-5-4-6-8-15/h4-11,16,19-20H,3,12-13H2,1-2H3/t16-/m1/s1. The predicted octanol–water partition coefficient (Wildman–Crippen LogP) is 2.92. The van der Waals surface area contributed by atoms with Gasteiger partial charge in [-0.25, -0.2) is 0 Å². The van der Waals surface area contributed by atoms with E-state index in [9.17, 15) is 5.11 Å². The van der Waals surface area contributed by atoms with E-state index in [1.807, 2.05) is 55.5 Å². The zero-order valence-electron chi connectivity index (χ0n) is 13.1. The highest BCUT2D eigenvalue weighted by Gasteiger charge is 2.08. The molecule has 2 aromatic rings. The second kappa shape index (κ2) is 8.41. The van der Waals surface area contributed by atoms with E-state index in [1.54, 1.807) is 7.11 Å². The average Bonchev–Trinajstić information content (AvgIpc) is 2.56. The minimum absolute atomic E-state index is 0.500. The lowest BCUT2D eigenvalue weighted by atomic mass is 10.1. The number of aliphatic hydroxyl groups is 1. The first-order valence-electron chi connectivity index (χ1n) is 7.48. The topological polar surface area (TPSA) is 50.7 Å². The van der Waals surface area contributed by atoms with Gasteiger partial charge in [0.25, 0.3) is 0 Å². The van der Waals surface area contributed by atoms with Gasteiger partial charge in [-0.15, -0.1) is 0 Å². The first-order chi connectivity index (χ1) is 10.7. The van der Waals surface area contributed by atoms with Crippen molar-refractivity contribution in [1.29, 1.82) is 0 Å². The van der Waals surface area contributed by atoms with Crippen LogP contribution in [-0.4, -0.2) is 25.4 Å². The first kappa shape index (κ1) is 16.3. The number of hydrogen-bond acceptors (Lipinski definition) is 4. The number of hydrogen-bond donors (Lipinski definition) is 2. The third-order valence-electron chi connectivity index (χ3n) is 3.38. The molecule has 0 unspecified atom stereocenters. The number of nitrogens with one attached hydrogen (secondary N) is 1. The minimum atomic E-state index is -0.509. The van der Waals surface area contributed by atoms with Crippen molar-refractivity contribution in [2.24, 2.45) is 0 Å². The number of methoxy groups -OCH3 is 1. The number of ether oxygens (including phenoxy) is 2. The third kappa shape index (κ3) is 4.48. The molecule has 4 nitrogen and oxygen atoms in total. The third-order valence-corrected chi connectivity index (χ3v) is 3.38. The van der Waals surface area contributed by atoms with Gasteiger partial charge >= 0.3 is 0 Å². The molecule has 2 rings (SSSR count). The molecule has 0 aromatic heterocycles. The molecule has 0 saturated carbocycles. The highest BCUT2D eigenvalue weighted by Crippen LogP contribution is 2.28. The lowest BCUT2D eigenvalue weighted by Crippen LogP contribution is -2.21. The lowest BCUT2D eigenvalue weighted by Gasteiger charge is -2.14. The molecule has 118 valence electrons. The minimum Gasteiger partial charge on any atom is -0.493 e. The Morgan fingerprint density at radius 1 is 1.09 bits per heavy atom. The van der Waals surface area contributed by atoms with Crippen LogP contribution in [0.5, 0.6) is 11.5 Å². The van der Waals surface area contributed by atoms with Gasteiger partial charge in [-0.1, -0.05) is 36.4 Å². The molecule has 0 aliphatic carbocycles. The molecule has 0 bridgehead atoms. The highest BCUT2D eigenvalue weighted by atomic mass is 16.5. The maximum absolute atomic E-state index is 10.1. The van der Waals surface area contributed by atoms with E-state index in [1.165, 1.54) is 0 Å². The van der Waals surface area contributed by atoms with Gasteiger partial charge in [-0.2, -0.15) is 0 Å². The average molecular weight is 301 g/mol. The largest absolute Gasteiger partial charge is 0.493 e. The van der Waals surface area contributed by atoms with Gasteiger partial charge < -0.3 is 19.9 Å². The molecule has 0 spiro atoms. The summed E-state index contributed by atoms with van der Waals surface area (Å²) in [6.07, 6.45) is -0.509. The van der Waals surface area contributed by atoms with Gasteiger partial charge in [0.1, 0.15) is 0 Å². The number of rotatable bonds is 8. The Morgan fingerprint density at radius 3 is 2.55 bits per heavy atom. The normalized spacial score (nSPS) is 12.0. The van der Waals surface area contributed by atoms with Gasteiger partial charge in [-0.05, 0) is 30.2 Å². The van der Waals surface area contributed by atoms with Crippen molar-refractivity contribution in [1.82, 2.24) is 5.32 Å². The van der Waals surface area contributed by atoms with Crippen molar-refractivity contribution in [2.75, 3.05) is 20.3 Å². The molecule has 2 aromatic carbocycles. The van der Waals surface area contributed by atoms with Crippen LogP contribution in [-0.2, 0) is 6.54 Å². The number of aliphatic hydroxyl groups excluding tert-OH is 1. The fraction of sp³-hybridized carbons (Fsp3) is 0.333. The van der Waals surface area contributed by atoms with Crippen molar-refractivity contribution in [3.05, 3.63) is 59.7 Å². The summed E-state index contributed by atoms with van der Waals surface area (Å²) >= 11 is 0. The monoisotopic (exact) mass is 301 g/mol. The smallest absolute Gasteiger partial charge is 0.161 e. The van der Waals surface area contributed by atoms with Gasteiger partial charge in [-0.3, -0.25) is 0 Å². The Labute approximate surface area is 131 Å². The molecule has 0 aliphatic rings. The fourth-order valence-electron chi connectivity index (χ4n) is 2.25. The highest BCUT2D eigenvalue weighted by molar-refractivity contribution is 5.42. The maximum Gasteiger partial charge on any atom is 0.161 e. The molecule has 0 amide bonds. The van der Waals surface area contributed by atoms with E-state index in [0.717, 1.165) is 22.6 Å². The van der Waals surface area contributed by atoms with Crippen LogP contribution in [0.15, 0.2) is 48.5 Å². The molecule has 4 heteroatoms. The molecule has 22 heavy (non-hydrogen) atoms. The Bertz CT molecular complexity index is 572. The molecule has 0 saturated heterocycles. The molecule has 0 aliphatic heterocycles. The summed E-state index contributed by atoms with van der Waals surface area (Å²) in [7, 11) is 1.63. The fourth-order valence-corrected chi connectivity index (χ4v) is 2.25. The van der Waals surface area contributed by atoms with Crippen LogP contribution in [0.4, 0.5) is 0 Å². The van der Waals surface area contributed by atoms with Gasteiger partial charge in [0.05, 0.1) is 19.8 Å². The Hall–Kier alpha value is -2.04. The van der Waals surface area contributed by atoms with Gasteiger partial charge in [0.15, 0.2) is 11.5 Å². The van der Waals surface area contributed by atoms with Gasteiger partial charge in [0.2, 0.25) is 0 Å². The summed E-state index contributed by atoms with van der Waals surface area (Å²) < 4.78 is 10.8. The van der Waals surface area contributed by atoms with Crippen LogP contribution in [0, 0.1) is 0 Å². The van der Waals surface area contributed by atoms with Crippen LogP contribution < -0.4 is 14.8 Å². The van der Waals surface area contributed by atoms with Crippen LogP contribution in [0.25, 0.3) is 0 Å². The molecule has 0 heterocycles. The van der Waals surface area contributed by atoms with E-state index in [2.05, 4.69) is 5.32 Å². The Morgan fingerprint density at radius 2 is 1.86 bits per heavy atom. The Kier molecular flexibility index (Phi) is 6.25. The summed E-state index contributed by atoms with van der Waals surface area (Å²) in [6, 6.07) is 15.5. The predicted molar refractivity (Wildman–Crippen MR) is 87.3 cm³/mol. The van der Waals surface area contributed by atoms with Crippen LogP contribution >= 0.6 is 0 Å². The summed E-state index contributed by atoms with van der Waals surface area (Å²) in [6.45, 7) is 3.70. The molecular formula is C18H23NO3. The first-order valence-corrected chi connectivity index (χ1v) is 7.48. The molecular weight excluding hydrogens is 278 g/mol. The molecule has 1 atom stereocenters. The molecule has 0 radical (unpaired) electrons. The van der Waals surface area contributed by atoms with Crippen molar-refractivity contribution in [3.63, 3.8) is 0 Å². The summed E-state index contributed by atoms with van der Waals surface area (Å²) in [5.41, 5.74) is 2.00. The maximum atomic E-state index is 10.1. The van der Waals surface area contributed by atoms with Crippen LogP contribution in [0.1, 0.15) is 24.2 Å². The Balaban J connectivity index is 1.90. The zero-order valence-corrected chi connectivity index (χ0v) is 13.1. The van der Waals surface area contributed by atoms with Crippen LogP contribution in [0.2, 0.25) is 0 Å². The van der Waals surface area contributed by atoms with E-state index in [-0.39, 0.29) is 0 Å². The summed E-state index contributed by atoms with van der Waals surface area (Å²) in [5, 5.41) is 13.4. The van der Waals surface area contributed by atoms with Crippen molar-refractivity contribution in [3.8, 4) is 11.5 Å². The zero-order chi connectivity index (χ0) is 15.8. The van der Waals surface area contributed by atoms with Crippen molar-refractivity contribution >= 4 is 0 Å². The molecule has 0 fully saturated rings.